The van der Waals surface area contributed by atoms with Gasteiger partial charge in [-0.2, -0.15) is 0 Å². The summed E-state index contributed by atoms with van der Waals surface area (Å²) in [5.41, 5.74) is 3.88. The molecule has 1 atom stereocenters. The molecule has 2 aromatic rings. The molecule has 1 unspecified atom stereocenters. The molecule has 1 aliphatic rings. The number of likely N-dealkylation sites (N-methyl/N-ethyl adjacent to an activating group) is 1. The third-order valence-electron chi connectivity index (χ3n) is 3.94. The molecule has 0 amide bonds. The zero-order valence-corrected chi connectivity index (χ0v) is 12.0. The summed E-state index contributed by atoms with van der Waals surface area (Å²) in [6, 6.07) is 10.7. The number of benzene rings is 1. The highest BCUT2D eigenvalue weighted by molar-refractivity contribution is 7.10. The van der Waals surface area contributed by atoms with E-state index in [0.717, 1.165) is 25.1 Å². The zero-order valence-electron chi connectivity index (χ0n) is 11.2. The molecule has 19 heavy (non-hydrogen) atoms. The van der Waals surface area contributed by atoms with E-state index >= 15 is 0 Å². The molecule has 2 heterocycles. The number of rotatable bonds is 2. The van der Waals surface area contributed by atoms with E-state index in [2.05, 4.69) is 47.7 Å². The number of fused-ring (bicyclic) bond motifs is 1. The minimum atomic E-state index is 0.164. The lowest BCUT2D eigenvalue weighted by molar-refractivity contribution is 0.280. The molecular formula is C16H19NOS. The van der Waals surface area contributed by atoms with Crippen molar-refractivity contribution in [2.24, 2.45) is 0 Å². The predicted octanol–water partition coefficient (Wildman–Crippen LogP) is 2.86. The van der Waals surface area contributed by atoms with Crippen molar-refractivity contribution in [2.75, 3.05) is 20.1 Å². The molecule has 100 valence electrons. The van der Waals surface area contributed by atoms with Crippen molar-refractivity contribution < 1.29 is 5.11 Å². The summed E-state index contributed by atoms with van der Waals surface area (Å²) in [5.74, 6) is 0.439. The van der Waals surface area contributed by atoms with Gasteiger partial charge < -0.3 is 10.0 Å². The average molecular weight is 273 g/mol. The Morgan fingerprint density at radius 2 is 2.11 bits per heavy atom. The summed E-state index contributed by atoms with van der Waals surface area (Å²) in [7, 11) is 2.19. The topological polar surface area (TPSA) is 23.5 Å². The van der Waals surface area contributed by atoms with Gasteiger partial charge in [0.1, 0.15) is 0 Å². The van der Waals surface area contributed by atoms with Gasteiger partial charge in [0.05, 0.1) is 6.61 Å². The van der Waals surface area contributed by atoms with E-state index in [9.17, 15) is 5.11 Å². The Labute approximate surface area is 118 Å². The van der Waals surface area contributed by atoms with Crippen LogP contribution in [0.15, 0.2) is 35.7 Å². The second-order valence-corrected chi connectivity index (χ2v) is 6.15. The van der Waals surface area contributed by atoms with Gasteiger partial charge in [0.15, 0.2) is 0 Å². The lowest BCUT2D eigenvalue weighted by atomic mass is 9.94. The van der Waals surface area contributed by atoms with Crippen molar-refractivity contribution in [1.82, 2.24) is 4.90 Å². The summed E-state index contributed by atoms with van der Waals surface area (Å²) >= 11 is 1.81. The molecule has 0 radical (unpaired) electrons. The molecule has 1 aromatic heterocycles. The Hall–Kier alpha value is -1.16. The van der Waals surface area contributed by atoms with Crippen LogP contribution in [0.25, 0.3) is 0 Å². The van der Waals surface area contributed by atoms with Gasteiger partial charge in [0.2, 0.25) is 0 Å². The lowest BCUT2D eigenvalue weighted by Crippen LogP contribution is -2.24. The summed E-state index contributed by atoms with van der Waals surface area (Å²) < 4.78 is 0. The maximum atomic E-state index is 9.49. The van der Waals surface area contributed by atoms with Crippen LogP contribution in [0.4, 0.5) is 0 Å². The molecule has 0 fully saturated rings. The Bertz CT molecular complexity index is 549. The largest absolute Gasteiger partial charge is 0.392 e. The third-order valence-corrected chi connectivity index (χ3v) is 5.13. The molecule has 0 saturated heterocycles. The van der Waals surface area contributed by atoms with Crippen molar-refractivity contribution in [3.63, 3.8) is 0 Å². The molecule has 1 aromatic carbocycles. The van der Waals surface area contributed by atoms with E-state index in [1.165, 1.54) is 16.0 Å². The maximum Gasteiger partial charge on any atom is 0.0692 e. The highest BCUT2D eigenvalue weighted by Gasteiger charge is 2.25. The molecule has 0 saturated carbocycles. The minimum absolute atomic E-state index is 0.164. The van der Waals surface area contributed by atoms with Crippen LogP contribution < -0.4 is 0 Å². The van der Waals surface area contributed by atoms with Gasteiger partial charge in [0, 0.05) is 23.9 Å². The molecule has 0 bridgehead atoms. The number of thiophene rings is 1. The summed E-state index contributed by atoms with van der Waals surface area (Å²) in [6.45, 7) is 2.29. The monoisotopic (exact) mass is 273 g/mol. The highest BCUT2D eigenvalue weighted by Crippen LogP contribution is 2.37. The normalized spacial score (nSPS) is 20.0. The first-order valence-corrected chi connectivity index (χ1v) is 7.61. The van der Waals surface area contributed by atoms with E-state index in [4.69, 9.17) is 0 Å². The Morgan fingerprint density at radius 1 is 1.32 bits per heavy atom. The fourth-order valence-electron chi connectivity index (χ4n) is 2.87. The Kier molecular flexibility index (Phi) is 3.69. The second kappa shape index (κ2) is 5.45. The standard InChI is InChI=1S/C16H19NOS/c1-17-8-7-14-13(10-18)11-19-16(14)15(9-17)12-5-3-2-4-6-12/h2-6,11,15,18H,7-10H2,1H3. The van der Waals surface area contributed by atoms with E-state index in [1.807, 2.05) is 11.3 Å². The average Bonchev–Trinajstić information content (AvgIpc) is 2.78. The van der Waals surface area contributed by atoms with E-state index in [1.54, 1.807) is 0 Å². The minimum Gasteiger partial charge on any atom is -0.392 e. The van der Waals surface area contributed by atoms with Crippen molar-refractivity contribution in [3.05, 3.63) is 57.3 Å². The van der Waals surface area contributed by atoms with Gasteiger partial charge in [-0.25, -0.2) is 0 Å². The first-order valence-electron chi connectivity index (χ1n) is 6.73. The number of aliphatic hydroxyl groups excluding tert-OH is 1. The smallest absolute Gasteiger partial charge is 0.0692 e. The molecule has 1 N–H and O–H groups in total. The quantitative estimate of drug-likeness (QED) is 0.909. The molecule has 0 aliphatic carbocycles. The number of aliphatic hydroxyl groups is 1. The van der Waals surface area contributed by atoms with Crippen LogP contribution in [-0.2, 0) is 13.0 Å². The van der Waals surface area contributed by atoms with Gasteiger partial charge in [0.25, 0.3) is 0 Å². The van der Waals surface area contributed by atoms with Crippen molar-refractivity contribution in [1.29, 1.82) is 0 Å². The van der Waals surface area contributed by atoms with Crippen molar-refractivity contribution in [2.45, 2.75) is 18.9 Å². The predicted molar refractivity (Wildman–Crippen MR) is 79.7 cm³/mol. The second-order valence-electron chi connectivity index (χ2n) is 5.24. The fraction of sp³-hybridized carbons (Fsp3) is 0.375. The Balaban J connectivity index is 2.06. The van der Waals surface area contributed by atoms with Crippen LogP contribution in [0.2, 0.25) is 0 Å². The fourth-order valence-corrected chi connectivity index (χ4v) is 4.11. The van der Waals surface area contributed by atoms with Crippen LogP contribution in [0.5, 0.6) is 0 Å². The maximum absolute atomic E-state index is 9.49. The summed E-state index contributed by atoms with van der Waals surface area (Å²) in [6.07, 6.45) is 1.05. The van der Waals surface area contributed by atoms with Gasteiger partial charge in [-0.15, -0.1) is 11.3 Å². The lowest BCUT2D eigenvalue weighted by Gasteiger charge is -2.20. The van der Waals surface area contributed by atoms with Crippen LogP contribution in [0.3, 0.4) is 0 Å². The van der Waals surface area contributed by atoms with E-state index in [0.29, 0.717) is 5.92 Å². The van der Waals surface area contributed by atoms with Crippen LogP contribution in [-0.4, -0.2) is 30.1 Å². The molecule has 3 rings (SSSR count). The van der Waals surface area contributed by atoms with Gasteiger partial charge >= 0.3 is 0 Å². The molecule has 3 heteroatoms. The van der Waals surface area contributed by atoms with Crippen molar-refractivity contribution in [3.8, 4) is 0 Å². The van der Waals surface area contributed by atoms with Gasteiger partial charge in [-0.1, -0.05) is 30.3 Å². The van der Waals surface area contributed by atoms with Crippen LogP contribution in [0.1, 0.15) is 27.5 Å². The molecular weight excluding hydrogens is 254 g/mol. The van der Waals surface area contributed by atoms with Gasteiger partial charge in [-0.3, -0.25) is 0 Å². The first kappa shape index (κ1) is 12.9. The highest BCUT2D eigenvalue weighted by atomic mass is 32.1. The van der Waals surface area contributed by atoms with Gasteiger partial charge in [-0.05, 0) is 35.5 Å². The van der Waals surface area contributed by atoms with E-state index in [-0.39, 0.29) is 6.61 Å². The number of hydrogen-bond donors (Lipinski definition) is 1. The summed E-state index contributed by atoms with van der Waals surface area (Å²) in [5, 5.41) is 11.6. The number of hydrogen-bond acceptors (Lipinski definition) is 3. The molecule has 1 aliphatic heterocycles. The van der Waals surface area contributed by atoms with Crippen LogP contribution >= 0.6 is 11.3 Å². The summed E-state index contributed by atoms with van der Waals surface area (Å²) in [4.78, 5) is 3.84. The van der Waals surface area contributed by atoms with Crippen LogP contribution in [0, 0.1) is 0 Å². The first-order chi connectivity index (χ1) is 9.29. The van der Waals surface area contributed by atoms with Crippen molar-refractivity contribution >= 4 is 11.3 Å². The SMILES string of the molecule is CN1CCc2c(CO)csc2C(c2ccccc2)C1. The molecule has 0 spiro atoms. The zero-order chi connectivity index (χ0) is 13.2. The number of nitrogens with zero attached hydrogens (tertiary/aromatic N) is 1. The third kappa shape index (κ3) is 2.46. The molecule has 2 nitrogen and oxygen atoms in total. The Morgan fingerprint density at radius 3 is 2.84 bits per heavy atom. The van der Waals surface area contributed by atoms with E-state index < -0.39 is 0 Å².